The van der Waals surface area contributed by atoms with Crippen LogP contribution in [0.15, 0.2) is 61.4 Å². The van der Waals surface area contributed by atoms with Gasteiger partial charge in [0, 0.05) is 87.0 Å². The van der Waals surface area contributed by atoms with Gasteiger partial charge in [-0.05, 0) is 103 Å². The molecular formula is C51H59FN10O8S. The van der Waals surface area contributed by atoms with E-state index < -0.39 is 51.8 Å². The predicted octanol–water partition coefficient (Wildman–Crippen LogP) is 5.23. The molecule has 71 heavy (non-hydrogen) atoms. The number of halogens is 1. The number of piperidine rings is 3. The molecule has 8 heterocycles. The number of nitrogens with zero attached hydrogens (tertiary/aromatic N) is 8. The van der Waals surface area contributed by atoms with Gasteiger partial charge in [-0.2, -0.15) is 4.98 Å². The van der Waals surface area contributed by atoms with Crippen molar-refractivity contribution in [1.29, 1.82) is 0 Å². The van der Waals surface area contributed by atoms with Crippen molar-refractivity contribution in [3.05, 3.63) is 83.7 Å². The lowest BCUT2D eigenvalue weighted by atomic mass is 9.85. The van der Waals surface area contributed by atoms with Crippen LogP contribution < -0.4 is 25.3 Å². The van der Waals surface area contributed by atoms with Gasteiger partial charge in [0.1, 0.15) is 33.7 Å². The highest BCUT2D eigenvalue weighted by molar-refractivity contribution is 7.90. The second-order valence-corrected chi connectivity index (χ2v) is 22.3. The molecule has 5 amide bonds. The van der Waals surface area contributed by atoms with Gasteiger partial charge >= 0.3 is 0 Å². The third-order valence-corrected chi connectivity index (χ3v) is 15.9. The topological polar surface area (TPSA) is 208 Å². The van der Waals surface area contributed by atoms with E-state index in [4.69, 9.17) is 14.7 Å². The number of ether oxygens (including phenoxy) is 1. The summed E-state index contributed by atoms with van der Waals surface area (Å²) < 4.78 is 46.7. The van der Waals surface area contributed by atoms with Crippen molar-refractivity contribution >= 4 is 79.1 Å². The van der Waals surface area contributed by atoms with E-state index in [0.717, 1.165) is 51.0 Å². The van der Waals surface area contributed by atoms with Crippen LogP contribution in [0.25, 0.3) is 10.8 Å². The van der Waals surface area contributed by atoms with Gasteiger partial charge in [-0.25, -0.2) is 22.8 Å². The Bertz CT molecular complexity index is 2940. The Morgan fingerprint density at radius 1 is 0.887 bits per heavy atom. The molecule has 4 aromatic rings. The number of imide groups is 2. The molecule has 0 aliphatic carbocycles. The summed E-state index contributed by atoms with van der Waals surface area (Å²) >= 11 is 0. The number of likely N-dealkylation sites (tertiary alicyclic amines) is 1. The van der Waals surface area contributed by atoms with Crippen molar-refractivity contribution in [1.82, 2.24) is 30.1 Å². The second kappa shape index (κ2) is 19.2. The Kier molecular flexibility index (Phi) is 13.0. The number of carbonyl (C=O) groups excluding carboxylic acids is 5. The van der Waals surface area contributed by atoms with Crippen molar-refractivity contribution in [2.24, 2.45) is 5.92 Å². The van der Waals surface area contributed by atoms with E-state index in [1.807, 2.05) is 22.1 Å². The summed E-state index contributed by atoms with van der Waals surface area (Å²) in [6, 6.07) is 9.86. The van der Waals surface area contributed by atoms with Crippen molar-refractivity contribution in [3.8, 4) is 0 Å². The van der Waals surface area contributed by atoms with Crippen LogP contribution in [0.5, 0.6) is 0 Å². The Hall–Kier alpha value is -6.54. The predicted molar refractivity (Wildman–Crippen MR) is 265 cm³/mol. The number of sulfone groups is 1. The molecule has 4 atom stereocenters. The molecule has 1 unspecified atom stereocenters. The van der Waals surface area contributed by atoms with Crippen LogP contribution in [-0.2, 0) is 29.0 Å². The lowest BCUT2D eigenvalue weighted by Crippen LogP contribution is -2.54. The lowest BCUT2D eigenvalue weighted by Gasteiger charge is -2.42. The van der Waals surface area contributed by atoms with Crippen LogP contribution in [-0.4, -0.2) is 145 Å². The number of pyridine rings is 1. The minimum absolute atomic E-state index is 0.0223. The first kappa shape index (κ1) is 48.1. The number of nitrogens with one attached hydrogen (secondary N) is 2. The van der Waals surface area contributed by atoms with Gasteiger partial charge in [0.25, 0.3) is 11.8 Å². The normalized spacial score (nSPS) is 23.4. The van der Waals surface area contributed by atoms with Crippen LogP contribution in [0.4, 0.5) is 33.3 Å². The summed E-state index contributed by atoms with van der Waals surface area (Å²) in [5.41, 5.74) is 4.36. The molecular weight excluding hydrogens is 932 g/mol. The number of benzene rings is 2. The molecule has 10 rings (SSSR count). The van der Waals surface area contributed by atoms with E-state index in [2.05, 4.69) is 51.9 Å². The first-order chi connectivity index (χ1) is 34.0. The molecule has 6 aliphatic rings. The average Bonchev–Trinajstić information content (AvgIpc) is 3.92. The van der Waals surface area contributed by atoms with Gasteiger partial charge in [0.2, 0.25) is 23.7 Å². The van der Waals surface area contributed by atoms with E-state index in [9.17, 15) is 32.4 Å². The SMILES string of the molecule is C=CC(=O)N1CCC[C@@H]1c1cc(N2CC(CS(C)(=O)=O)C2)c2cnc(Nc3ccnc(N4CC[C@@H](OC5CCN(c6ccc7c(c6)C(=O)N(C6CCC(=O)NC6=O)C7=O)CC5)[C@@H](F)C4)n3)cc2c1C(C)C. The number of fused-ring (bicyclic) bond motifs is 2. The standard InChI is InChI=1S/C51H59FN10O8S/c1-5-46(64)61-17-6-7-39(61)36-22-41(60-25-30(26-60)28-71(4,68)69)37-24-54-44(23-34(37)47(36)29(2)3)55-43-12-16-53-51(56-43)59-20-15-42(38(52)27-59)70-32-13-18-58(19-14-32)31-8-9-33-35(21-31)50(67)62(49(33)66)40-10-11-45(63)57-48(40)65/h5,8-9,12,16,21-24,29-30,32,38-40,42H,1,6-7,10-11,13-15,17-20,25-28H2,2-4H3,(H,57,63,65)(H,53,54,55,56)/t38-,39+,40?,42+/m0/s1. The first-order valence-electron chi connectivity index (χ1n) is 24.6. The number of aromatic nitrogens is 3. The summed E-state index contributed by atoms with van der Waals surface area (Å²) in [6.07, 6.45) is 7.59. The van der Waals surface area contributed by atoms with Gasteiger partial charge in [0.15, 0.2) is 0 Å². The molecule has 0 radical (unpaired) electrons. The Morgan fingerprint density at radius 2 is 1.65 bits per heavy atom. The number of alkyl halides is 1. The molecule has 374 valence electrons. The molecule has 2 N–H and O–H groups in total. The highest BCUT2D eigenvalue weighted by Gasteiger charge is 2.45. The van der Waals surface area contributed by atoms with Crippen LogP contribution in [0.1, 0.15) is 103 Å². The van der Waals surface area contributed by atoms with Crippen LogP contribution in [0.3, 0.4) is 0 Å². The van der Waals surface area contributed by atoms with Crippen LogP contribution in [0, 0.1) is 5.92 Å². The van der Waals surface area contributed by atoms with Crippen molar-refractivity contribution < 1.29 is 41.5 Å². The largest absolute Gasteiger partial charge is 0.372 e. The van der Waals surface area contributed by atoms with E-state index in [0.29, 0.717) is 76.1 Å². The van der Waals surface area contributed by atoms with Gasteiger partial charge in [-0.15, -0.1) is 0 Å². The maximum absolute atomic E-state index is 16.0. The maximum atomic E-state index is 16.0. The third-order valence-electron chi connectivity index (χ3n) is 14.8. The summed E-state index contributed by atoms with van der Waals surface area (Å²) in [4.78, 5) is 87.1. The molecule has 5 fully saturated rings. The number of hydrogen-bond acceptors (Lipinski definition) is 15. The van der Waals surface area contributed by atoms with Gasteiger partial charge in [0.05, 0.1) is 41.7 Å². The molecule has 0 saturated carbocycles. The highest BCUT2D eigenvalue weighted by Crippen LogP contribution is 2.45. The number of carbonyl (C=O) groups is 5. The quantitative estimate of drug-likeness (QED) is 0.130. The lowest BCUT2D eigenvalue weighted by molar-refractivity contribution is -0.136. The molecule has 5 saturated heterocycles. The fourth-order valence-electron chi connectivity index (χ4n) is 11.4. The monoisotopic (exact) mass is 990 g/mol. The Morgan fingerprint density at radius 3 is 2.37 bits per heavy atom. The minimum atomic E-state index is -3.13. The maximum Gasteiger partial charge on any atom is 0.262 e. The van der Waals surface area contributed by atoms with E-state index in [-0.39, 0.29) is 66.2 Å². The Labute approximate surface area is 411 Å². The van der Waals surface area contributed by atoms with Gasteiger partial charge < -0.3 is 29.7 Å². The number of hydrogen-bond donors (Lipinski definition) is 2. The summed E-state index contributed by atoms with van der Waals surface area (Å²) in [7, 11) is -3.13. The molecule has 0 bridgehead atoms. The smallest absolute Gasteiger partial charge is 0.262 e. The zero-order valence-electron chi connectivity index (χ0n) is 40.2. The Balaban J connectivity index is 0.789. The second-order valence-electron chi connectivity index (χ2n) is 20.1. The number of amides is 5. The zero-order valence-corrected chi connectivity index (χ0v) is 41.0. The highest BCUT2D eigenvalue weighted by atomic mass is 32.2. The molecule has 0 spiro atoms. The zero-order chi connectivity index (χ0) is 49.9. The average molecular weight is 991 g/mol. The molecule has 20 heteroatoms. The van der Waals surface area contributed by atoms with E-state index in [1.165, 1.54) is 12.3 Å². The number of rotatable bonds is 13. The molecule has 2 aromatic heterocycles. The molecule has 6 aliphatic heterocycles. The number of anilines is 5. The van der Waals surface area contributed by atoms with E-state index in [1.54, 1.807) is 30.5 Å². The van der Waals surface area contributed by atoms with E-state index >= 15 is 4.39 Å². The third kappa shape index (κ3) is 9.55. The summed E-state index contributed by atoms with van der Waals surface area (Å²) in [5, 5.41) is 7.51. The fourth-order valence-corrected chi connectivity index (χ4v) is 12.5. The summed E-state index contributed by atoms with van der Waals surface area (Å²) in [6.45, 7) is 11.6. The van der Waals surface area contributed by atoms with Crippen LogP contribution >= 0.6 is 0 Å². The van der Waals surface area contributed by atoms with Crippen LogP contribution in [0.2, 0.25) is 0 Å². The summed E-state index contributed by atoms with van der Waals surface area (Å²) in [5.74, 6) is -0.630. The van der Waals surface area contributed by atoms with Crippen molar-refractivity contribution in [3.63, 3.8) is 0 Å². The van der Waals surface area contributed by atoms with Crippen molar-refractivity contribution in [2.75, 3.05) is 77.8 Å². The van der Waals surface area contributed by atoms with Gasteiger partial charge in [-0.1, -0.05) is 20.4 Å². The molecule has 18 nitrogen and oxygen atoms in total. The van der Waals surface area contributed by atoms with Gasteiger partial charge in [-0.3, -0.25) is 34.2 Å². The molecule has 2 aromatic carbocycles. The fraction of sp³-hybridized carbons (Fsp3) is 0.490. The first-order valence-corrected chi connectivity index (χ1v) is 26.7. The van der Waals surface area contributed by atoms with Crippen molar-refractivity contribution in [2.45, 2.75) is 95.2 Å². The minimum Gasteiger partial charge on any atom is -0.372 e.